The largest absolute Gasteiger partial charge is 0.340 e. The molecule has 0 spiro atoms. The molecule has 0 atom stereocenters. The Balaban J connectivity index is 4.21. The van der Waals surface area contributed by atoms with Crippen molar-refractivity contribution in [3.8, 4) is 0 Å². The fourth-order valence-electron chi connectivity index (χ4n) is 0.884. The van der Waals surface area contributed by atoms with Crippen LogP contribution in [0.4, 0.5) is 0 Å². The second kappa shape index (κ2) is 4.94. The molecule has 0 aliphatic heterocycles. The Hall–Kier alpha value is -0.790. The van der Waals surface area contributed by atoms with Crippen LogP contribution in [-0.2, 0) is 4.79 Å². The van der Waals surface area contributed by atoms with Crippen LogP contribution in [0.15, 0.2) is 11.6 Å². The van der Waals surface area contributed by atoms with Gasteiger partial charge < -0.3 is 4.90 Å². The van der Waals surface area contributed by atoms with Crippen molar-refractivity contribution in [1.29, 1.82) is 0 Å². The third-order valence-corrected chi connectivity index (χ3v) is 1.82. The number of carbonyl (C=O) groups is 1. The van der Waals surface area contributed by atoms with Crippen LogP contribution in [0.5, 0.6) is 0 Å². The molecule has 0 aromatic rings. The Morgan fingerprint density at radius 3 is 2.09 bits per heavy atom. The van der Waals surface area contributed by atoms with Gasteiger partial charge in [-0.2, -0.15) is 0 Å². The summed E-state index contributed by atoms with van der Waals surface area (Å²) < 4.78 is 0. The van der Waals surface area contributed by atoms with Gasteiger partial charge in [-0.05, 0) is 27.7 Å². The number of hydrogen-bond acceptors (Lipinski definition) is 1. The number of likely N-dealkylation sites (N-methyl/N-ethyl adjacent to an activating group) is 1. The van der Waals surface area contributed by atoms with E-state index in [1.807, 2.05) is 38.7 Å². The van der Waals surface area contributed by atoms with E-state index in [1.165, 1.54) is 0 Å². The number of carbonyl (C=O) groups excluding carboxylic acids is 1. The third kappa shape index (κ3) is 2.74. The van der Waals surface area contributed by atoms with Crippen molar-refractivity contribution >= 4 is 5.91 Å². The highest BCUT2D eigenvalue weighted by Crippen LogP contribution is 1.99. The highest BCUT2D eigenvalue weighted by molar-refractivity contribution is 5.92. The van der Waals surface area contributed by atoms with Crippen LogP contribution in [-0.4, -0.2) is 23.9 Å². The van der Waals surface area contributed by atoms with Crippen LogP contribution in [0, 0.1) is 0 Å². The maximum Gasteiger partial charge on any atom is 0.249 e. The summed E-state index contributed by atoms with van der Waals surface area (Å²) in [5.41, 5.74) is 0.828. The lowest BCUT2D eigenvalue weighted by Gasteiger charge is -2.18. The minimum atomic E-state index is 0.150. The SMILES string of the molecule is C/C=C(/C)C(=O)N(CC)CC. The van der Waals surface area contributed by atoms with E-state index in [0.29, 0.717) is 0 Å². The zero-order valence-electron chi connectivity index (χ0n) is 7.85. The summed E-state index contributed by atoms with van der Waals surface area (Å²) in [5.74, 6) is 0.150. The van der Waals surface area contributed by atoms with E-state index in [-0.39, 0.29) is 5.91 Å². The lowest BCUT2D eigenvalue weighted by molar-refractivity contribution is -0.126. The van der Waals surface area contributed by atoms with Crippen molar-refractivity contribution in [3.63, 3.8) is 0 Å². The Bertz CT molecular complexity index is 157. The number of nitrogens with zero attached hydrogens (tertiary/aromatic N) is 1. The summed E-state index contributed by atoms with van der Waals surface area (Å²) >= 11 is 0. The predicted octanol–water partition coefficient (Wildman–Crippen LogP) is 1.82. The summed E-state index contributed by atoms with van der Waals surface area (Å²) in [4.78, 5) is 13.2. The first kappa shape index (κ1) is 10.2. The van der Waals surface area contributed by atoms with Crippen LogP contribution in [0.3, 0.4) is 0 Å². The molecule has 2 nitrogen and oxygen atoms in total. The molecule has 0 saturated heterocycles. The third-order valence-electron chi connectivity index (χ3n) is 1.82. The summed E-state index contributed by atoms with van der Waals surface area (Å²) in [5, 5.41) is 0. The van der Waals surface area contributed by atoms with Crippen LogP contribution in [0.25, 0.3) is 0 Å². The van der Waals surface area contributed by atoms with Gasteiger partial charge in [0.15, 0.2) is 0 Å². The van der Waals surface area contributed by atoms with E-state index in [9.17, 15) is 4.79 Å². The minimum absolute atomic E-state index is 0.150. The summed E-state index contributed by atoms with van der Waals surface area (Å²) in [7, 11) is 0. The van der Waals surface area contributed by atoms with Gasteiger partial charge in [0.25, 0.3) is 0 Å². The van der Waals surface area contributed by atoms with Gasteiger partial charge in [-0.1, -0.05) is 6.08 Å². The highest BCUT2D eigenvalue weighted by atomic mass is 16.2. The zero-order chi connectivity index (χ0) is 8.85. The lowest BCUT2D eigenvalue weighted by atomic mass is 10.2. The van der Waals surface area contributed by atoms with Crippen molar-refractivity contribution in [2.24, 2.45) is 0 Å². The van der Waals surface area contributed by atoms with Gasteiger partial charge in [-0.3, -0.25) is 4.79 Å². The van der Waals surface area contributed by atoms with Crippen molar-refractivity contribution in [3.05, 3.63) is 11.6 Å². The molecule has 0 aromatic carbocycles. The normalized spacial score (nSPS) is 11.5. The molecule has 64 valence electrons. The molecular weight excluding hydrogens is 138 g/mol. The molecule has 1 amide bonds. The Labute approximate surface area is 68.9 Å². The summed E-state index contributed by atoms with van der Waals surface area (Å²) in [6.45, 7) is 9.30. The Morgan fingerprint density at radius 2 is 1.82 bits per heavy atom. The van der Waals surface area contributed by atoms with E-state index >= 15 is 0 Å². The van der Waals surface area contributed by atoms with Crippen LogP contribution in [0.2, 0.25) is 0 Å². The second-order valence-electron chi connectivity index (χ2n) is 2.45. The molecule has 0 heterocycles. The molecule has 0 saturated carbocycles. The fourth-order valence-corrected chi connectivity index (χ4v) is 0.884. The molecule has 0 aromatic heterocycles. The first-order valence-electron chi connectivity index (χ1n) is 4.09. The topological polar surface area (TPSA) is 20.3 Å². The van der Waals surface area contributed by atoms with Gasteiger partial charge in [0, 0.05) is 18.7 Å². The maximum atomic E-state index is 11.4. The lowest BCUT2D eigenvalue weighted by Crippen LogP contribution is -2.30. The monoisotopic (exact) mass is 155 g/mol. The van der Waals surface area contributed by atoms with E-state index in [4.69, 9.17) is 0 Å². The summed E-state index contributed by atoms with van der Waals surface area (Å²) in [6, 6.07) is 0. The molecule has 11 heavy (non-hydrogen) atoms. The van der Waals surface area contributed by atoms with Gasteiger partial charge in [-0.15, -0.1) is 0 Å². The van der Waals surface area contributed by atoms with Gasteiger partial charge in [-0.25, -0.2) is 0 Å². The number of rotatable bonds is 3. The number of amides is 1. The van der Waals surface area contributed by atoms with Crippen LogP contribution >= 0.6 is 0 Å². The molecular formula is C9H17NO. The van der Waals surface area contributed by atoms with Crippen LogP contribution < -0.4 is 0 Å². The van der Waals surface area contributed by atoms with E-state index in [2.05, 4.69) is 0 Å². The number of hydrogen-bond donors (Lipinski definition) is 0. The Kier molecular flexibility index (Phi) is 4.59. The molecule has 0 N–H and O–H groups in total. The average Bonchev–Trinajstić information content (AvgIpc) is 2.05. The number of allylic oxidation sites excluding steroid dienone is 1. The highest BCUT2D eigenvalue weighted by Gasteiger charge is 2.09. The molecule has 0 aliphatic carbocycles. The average molecular weight is 155 g/mol. The molecule has 2 heteroatoms. The molecule has 0 rings (SSSR count). The van der Waals surface area contributed by atoms with Crippen molar-refractivity contribution in [2.45, 2.75) is 27.7 Å². The van der Waals surface area contributed by atoms with Gasteiger partial charge in [0.05, 0.1) is 0 Å². The van der Waals surface area contributed by atoms with Gasteiger partial charge >= 0.3 is 0 Å². The fraction of sp³-hybridized carbons (Fsp3) is 0.667. The van der Waals surface area contributed by atoms with Crippen molar-refractivity contribution in [1.82, 2.24) is 4.90 Å². The first-order valence-corrected chi connectivity index (χ1v) is 4.09. The first-order chi connectivity index (χ1) is 5.17. The molecule has 0 radical (unpaired) electrons. The van der Waals surface area contributed by atoms with Crippen molar-refractivity contribution in [2.75, 3.05) is 13.1 Å². The van der Waals surface area contributed by atoms with Crippen molar-refractivity contribution < 1.29 is 4.79 Å². The standard InChI is InChI=1S/C9H17NO/c1-5-8(4)9(11)10(6-2)7-3/h5H,6-7H2,1-4H3/b8-5-. The van der Waals surface area contributed by atoms with E-state index < -0.39 is 0 Å². The predicted molar refractivity (Wildman–Crippen MR) is 47.4 cm³/mol. The maximum absolute atomic E-state index is 11.4. The second-order valence-corrected chi connectivity index (χ2v) is 2.45. The van der Waals surface area contributed by atoms with Crippen LogP contribution in [0.1, 0.15) is 27.7 Å². The molecule has 0 fully saturated rings. The molecule has 0 bridgehead atoms. The smallest absolute Gasteiger partial charge is 0.249 e. The molecule has 0 unspecified atom stereocenters. The van der Waals surface area contributed by atoms with E-state index in [1.54, 1.807) is 0 Å². The minimum Gasteiger partial charge on any atom is -0.340 e. The molecule has 0 aliphatic rings. The summed E-state index contributed by atoms with van der Waals surface area (Å²) in [6.07, 6.45) is 1.85. The zero-order valence-corrected chi connectivity index (χ0v) is 7.85. The van der Waals surface area contributed by atoms with E-state index in [0.717, 1.165) is 18.7 Å². The van der Waals surface area contributed by atoms with Gasteiger partial charge in [0.1, 0.15) is 0 Å². The van der Waals surface area contributed by atoms with Gasteiger partial charge in [0.2, 0.25) is 5.91 Å². The quantitative estimate of drug-likeness (QED) is 0.569. The Morgan fingerprint density at radius 1 is 1.36 bits per heavy atom.